The maximum absolute atomic E-state index is 12.0. The SMILES string of the molecule is CCOC(=O)C1CC(=O)CN(C(=O)OCc2ccccc2)C1. The highest BCUT2D eigenvalue weighted by molar-refractivity contribution is 5.90. The Bertz CT molecular complexity index is 543. The van der Waals surface area contributed by atoms with Crippen LogP contribution in [0.25, 0.3) is 0 Å². The minimum Gasteiger partial charge on any atom is -0.466 e. The fourth-order valence-corrected chi connectivity index (χ4v) is 2.32. The van der Waals surface area contributed by atoms with Crippen molar-refractivity contribution in [3.8, 4) is 0 Å². The monoisotopic (exact) mass is 305 g/mol. The molecule has 6 heteroatoms. The van der Waals surface area contributed by atoms with Crippen molar-refractivity contribution in [1.82, 2.24) is 4.90 Å². The summed E-state index contributed by atoms with van der Waals surface area (Å²) in [5, 5.41) is 0. The van der Waals surface area contributed by atoms with Gasteiger partial charge in [-0.25, -0.2) is 4.79 Å². The number of rotatable bonds is 4. The van der Waals surface area contributed by atoms with Gasteiger partial charge in [0.1, 0.15) is 6.61 Å². The molecule has 1 aliphatic rings. The van der Waals surface area contributed by atoms with E-state index in [1.807, 2.05) is 30.3 Å². The van der Waals surface area contributed by atoms with E-state index in [4.69, 9.17) is 9.47 Å². The molecule has 0 bridgehead atoms. The maximum Gasteiger partial charge on any atom is 0.410 e. The molecular formula is C16H19NO5. The normalized spacial score (nSPS) is 18.0. The number of piperidine rings is 1. The van der Waals surface area contributed by atoms with Crippen LogP contribution in [0.3, 0.4) is 0 Å². The van der Waals surface area contributed by atoms with Gasteiger partial charge in [0.25, 0.3) is 0 Å². The lowest BCUT2D eigenvalue weighted by atomic mass is 9.97. The zero-order chi connectivity index (χ0) is 15.9. The fraction of sp³-hybridized carbons (Fsp3) is 0.438. The van der Waals surface area contributed by atoms with Crippen LogP contribution in [-0.4, -0.2) is 42.4 Å². The van der Waals surface area contributed by atoms with Gasteiger partial charge in [0.15, 0.2) is 5.78 Å². The van der Waals surface area contributed by atoms with Crippen molar-refractivity contribution in [2.45, 2.75) is 20.0 Å². The van der Waals surface area contributed by atoms with Gasteiger partial charge in [-0.05, 0) is 12.5 Å². The first-order chi connectivity index (χ1) is 10.6. The number of ketones is 1. The molecule has 1 aromatic rings. The summed E-state index contributed by atoms with van der Waals surface area (Å²) in [6.07, 6.45) is -0.479. The highest BCUT2D eigenvalue weighted by Crippen LogP contribution is 2.17. The Morgan fingerprint density at radius 1 is 1.23 bits per heavy atom. The second-order valence-corrected chi connectivity index (χ2v) is 5.11. The zero-order valence-corrected chi connectivity index (χ0v) is 12.5. The van der Waals surface area contributed by atoms with Crippen LogP contribution in [0, 0.1) is 5.92 Å². The van der Waals surface area contributed by atoms with Crippen LogP contribution >= 0.6 is 0 Å². The van der Waals surface area contributed by atoms with Gasteiger partial charge in [-0.15, -0.1) is 0 Å². The number of Topliss-reactive ketones (excluding diaryl/α,β-unsaturated/α-hetero) is 1. The van der Waals surface area contributed by atoms with Gasteiger partial charge < -0.3 is 14.4 Å². The molecule has 1 unspecified atom stereocenters. The van der Waals surface area contributed by atoms with Crippen LogP contribution < -0.4 is 0 Å². The Labute approximate surface area is 129 Å². The molecule has 2 rings (SSSR count). The van der Waals surface area contributed by atoms with Crippen molar-refractivity contribution in [3.05, 3.63) is 35.9 Å². The summed E-state index contributed by atoms with van der Waals surface area (Å²) in [6.45, 7) is 2.21. The van der Waals surface area contributed by atoms with Crippen molar-refractivity contribution in [3.63, 3.8) is 0 Å². The van der Waals surface area contributed by atoms with E-state index in [0.717, 1.165) is 5.56 Å². The van der Waals surface area contributed by atoms with Gasteiger partial charge in [-0.3, -0.25) is 9.59 Å². The van der Waals surface area contributed by atoms with Crippen molar-refractivity contribution in [1.29, 1.82) is 0 Å². The Hall–Kier alpha value is -2.37. The van der Waals surface area contributed by atoms with E-state index in [1.54, 1.807) is 6.92 Å². The number of hydrogen-bond donors (Lipinski definition) is 0. The Balaban J connectivity index is 1.91. The molecule has 0 N–H and O–H groups in total. The van der Waals surface area contributed by atoms with Gasteiger partial charge in [0.2, 0.25) is 0 Å². The average molecular weight is 305 g/mol. The highest BCUT2D eigenvalue weighted by atomic mass is 16.6. The first kappa shape index (κ1) is 16.0. The summed E-state index contributed by atoms with van der Waals surface area (Å²) >= 11 is 0. The Kier molecular flexibility index (Phi) is 5.52. The molecule has 0 aliphatic carbocycles. The minimum atomic E-state index is -0.606. The smallest absolute Gasteiger partial charge is 0.410 e. The number of carbonyl (C=O) groups excluding carboxylic acids is 3. The van der Waals surface area contributed by atoms with Crippen LogP contribution in [0.5, 0.6) is 0 Å². The molecule has 1 heterocycles. The third kappa shape index (κ3) is 4.31. The van der Waals surface area contributed by atoms with E-state index < -0.39 is 18.0 Å². The number of hydrogen-bond acceptors (Lipinski definition) is 5. The maximum atomic E-state index is 12.0. The third-order valence-electron chi connectivity index (χ3n) is 3.37. The molecule has 1 saturated heterocycles. The molecule has 0 aromatic heterocycles. The molecule has 0 radical (unpaired) electrons. The number of amides is 1. The number of benzene rings is 1. The van der Waals surface area contributed by atoms with E-state index in [-0.39, 0.29) is 38.5 Å². The predicted molar refractivity (Wildman–Crippen MR) is 77.9 cm³/mol. The topological polar surface area (TPSA) is 72.9 Å². The van der Waals surface area contributed by atoms with Gasteiger partial charge in [0, 0.05) is 13.0 Å². The van der Waals surface area contributed by atoms with Gasteiger partial charge in [0.05, 0.1) is 19.1 Å². The van der Waals surface area contributed by atoms with E-state index in [0.29, 0.717) is 0 Å². The summed E-state index contributed by atoms with van der Waals surface area (Å²) in [7, 11) is 0. The van der Waals surface area contributed by atoms with E-state index >= 15 is 0 Å². The molecule has 6 nitrogen and oxygen atoms in total. The lowest BCUT2D eigenvalue weighted by Gasteiger charge is -2.29. The van der Waals surface area contributed by atoms with E-state index in [1.165, 1.54) is 4.90 Å². The van der Waals surface area contributed by atoms with Crippen LogP contribution in [0.1, 0.15) is 18.9 Å². The first-order valence-electron chi connectivity index (χ1n) is 7.24. The number of carbonyl (C=O) groups is 3. The third-order valence-corrected chi connectivity index (χ3v) is 3.37. The summed E-state index contributed by atoms with van der Waals surface area (Å²) in [5.41, 5.74) is 0.862. The van der Waals surface area contributed by atoms with Crippen LogP contribution in [0.2, 0.25) is 0 Å². The number of ether oxygens (including phenoxy) is 2. The molecule has 22 heavy (non-hydrogen) atoms. The van der Waals surface area contributed by atoms with Crippen LogP contribution in [0.15, 0.2) is 30.3 Å². The van der Waals surface area contributed by atoms with Crippen LogP contribution in [-0.2, 0) is 25.7 Å². The van der Waals surface area contributed by atoms with Crippen molar-refractivity contribution in [2.75, 3.05) is 19.7 Å². The molecule has 1 fully saturated rings. The number of likely N-dealkylation sites (tertiary alicyclic amines) is 1. The standard InChI is InChI=1S/C16H19NO5/c1-2-21-15(19)13-8-14(18)10-17(9-13)16(20)22-11-12-6-4-3-5-7-12/h3-7,13H,2,8-11H2,1H3. The van der Waals surface area contributed by atoms with Gasteiger partial charge in [-0.1, -0.05) is 30.3 Å². The largest absolute Gasteiger partial charge is 0.466 e. The lowest BCUT2D eigenvalue weighted by molar-refractivity contribution is -0.151. The predicted octanol–water partition coefficient (Wildman–Crippen LogP) is 1.78. The number of esters is 1. The molecule has 1 atom stereocenters. The van der Waals surface area contributed by atoms with Crippen molar-refractivity contribution in [2.24, 2.45) is 5.92 Å². The van der Waals surface area contributed by atoms with Crippen molar-refractivity contribution < 1.29 is 23.9 Å². The Morgan fingerprint density at radius 2 is 1.95 bits per heavy atom. The highest BCUT2D eigenvalue weighted by Gasteiger charge is 2.34. The summed E-state index contributed by atoms with van der Waals surface area (Å²) in [4.78, 5) is 36.8. The quantitative estimate of drug-likeness (QED) is 0.793. The molecule has 118 valence electrons. The molecule has 1 amide bonds. The van der Waals surface area contributed by atoms with E-state index in [9.17, 15) is 14.4 Å². The average Bonchev–Trinajstić information content (AvgIpc) is 2.53. The molecular weight excluding hydrogens is 286 g/mol. The van der Waals surface area contributed by atoms with Gasteiger partial charge in [-0.2, -0.15) is 0 Å². The minimum absolute atomic E-state index is 0.0243. The number of nitrogens with zero attached hydrogens (tertiary/aromatic N) is 1. The lowest BCUT2D eigenvalue weighted by Crippen LogP contribution is -2.47. The molecule has 1 aromatic carbocycles. The van der Waals surface area contributed by atoms with E-state index in [2.05, 4.69) is 0 Å². The molecule has 0 saturated carbocycles. The second kappa shape index (κ2) is 7.59. The fourth-order valence-electron chi connectivity index (χ4n) is 2.32. The van der Waals surface area contributed by atoms with Crippen molar-refractivity contribution >= 4 is 17.8 Å². The Morgan fingerprint density at radius 3 is 2.64 bits per heavy atom. The summed E-state index contributed by atoms with van der Waals surface area (Å²) < 4.78 is 10.1. The second-order valence-electron chi connectivity index (χ2n) is 5.11. The molecule has 1 aliphatic heterocycles. The molecule has 0 spiro atoms. The van der Waals surface area contributed by atoms with Gasteiger partial charge >= 0.3 is 12.1 Å². The summed E-state index contributed by atoms with van der Waals surface area (Å²) in [5.74, 6) is -1.22. The van der Waals surface area contributed by atoms with Crippen LogP contribution in [0.4, 0.5) is 4.79 Å². The summed E-state index contributed by atoms with van der Waals surface area (Å²) in [6, 6.07) is 9.26. The zero-order valence-electron chi connectivity index (χ0n) is 12.5. The first-order valence-corrected chi connectivity index (χ1v) is 7.24.